The first kappa shape index (κ1) is 13.4. The van der Waals surface area contributed by atoms with Crippen LogP contribution < -0.4 is 20.1 Å². The van der Waals surface area contributed by atoms with Crippen LogP contribution in [0.2, 0.25) is 0 Å². The van der Waals surface area contributed by atoms with Crippen LogP contribution in [0.1, 0.15) is 11.7 Å². The Morgan fingerprint density at radius 3 is 2.86 bits per heavy atom. The monoisotopic (exact) mass is 332 g/mol. The molecule has 1 aliphatic rings. The minimum Gasteiger partial charge on any atom is -0.454 e. The van der Waals surface area contributed by atoms with Crippen molar-refractivity contribution < 1.29 is 9.47 Å². The van der Waals surface area contributed by atoms with Crippen molar-refractivity contribution >= 4 is 33.0 Å². The second-order valence-corrected chi connectivity index (χ2v) is 6.28. The van der Waals surface area contributed by atoms with Crippen LogP contribution >= 0.6 is 22.9 Å². The van der Waals surface area contributed by atoms with Crippen LogP contribution in [0.25, 0.3) is 0 Å². The van der Waals surface area contributed by atoms with Crippen LogP contribution in [0.15, 0.2) is 42.0 Å². The molecular weight excluding hydrogens is 320 g/mol. The summed E-state index contributed by atoms with van der Waals surface area (Å²) in [6, 6.07) is 7.84. The Balaban J connectivity index is 1.63. The summed E-state index contributed by atoms with van der Waals surface area (Å²) in [5.74, 6) is 1.53. The highest BCUT2D eigenvalue weighted by atomic mass is 32.1. The number of ether oxygens (including phenoxy) is 2. The Kier molecular flexibility index (Phi) is 3.53. The molecule has 0 aliphatic carbocycles. The van der Waals surface area contributed by atoms with Gasteiger partial charge in [-0.2, -0.15) is 4.37 Å². The highest BCUT2D eigenvalue weighted by Gasteiger charge is 2.19. The first-order valence-corrected chi connectivity index (χ1v) is 8.26. The zero-order chi connectivity index (χ0) is 14.8. The molecule has 0 radical (unpaired) electrons. The van der Waals surface area contributed by atoms with Crippen molar-refractivity contribution in [3.63, 3.8) is 0 Å². The molecule has 0 saturated heterocycles. The molecule has 22 heavy (non-hydrogen) atoms. The number of aromatic nitrogens is 2. The molecule has 4 rings (SSSR count). The summed E-state index contributed by atoms with van der Waals surface area (Å²) in [5.41, 5.74) is 1.04. The number of hydrogen-bond acceptors (Lipinski definition) is 8. The van der Waals surface area contributed by atoms with E-state index in [1.807, 2.05) is 29.6 Å². The van der Waals surface area contributed by atoms with Gasteiger partial charge < -0.3 is 20.1 Å². The third-order valence-corrected chi connectivity index (χ3v) is 4.54. The van der Waals surface area contributed by atoms with Crippen LogP contribution in [0.3, 0.4) is 0 Å². The number of anilines is 2. The maximum Gasteiger partial charge on any atom is 0.231 e. The molecule has 0 spiro atoms. The van der Waals surface area contributed by atoms with Crippen LogP contribution in [0.4, 0.5) is 10.1 Å². The Morgan fingerprint density at radius 1 is 1.09 bits per heavy atom. The van der Waals surface area contributed by atoms with Crippen molar-refractivity contribution in [2.24, 2.45) is 0 Å². The molecule has 1 aromatic carbocycles. The van der Waals surface area contributed by atoms with Gasteiger partial charge in [-0.1, -0.05) is 6.07 Å². The summed E-state index contributed by atoms with van der Waals surface area (Å²) >= 11 is 2.96. The summed E-state index contributed by atoms with van der Waals surface area (Å²) in [4.78, 5) is 4.28. The molecule has 112 valence electrons. The zero-order valence-electron chi connectivity index (χ0n) is 11.4. The van der Waals surface area contributed by atoms with E-state index in [4.69, 9.17) is 9.47 Å². The van der Waals surface area contributed by atoms with Crippen LogP contribution in [-0.2, 0) is 0 Å². The van der Waals surface area contributed by atoms with Gasteiger partial charge in [-0.05, 0) is 35.3 Å². The van der Waals surface area contributed by atoms with E-state index >= 15 is 0 Å². The number of rotatable bonds is 5. The molecule has 8 heteroatoms. The standard InChI is InChI=1S/C14H12N4O2S2/c1-2-10-11(20-8-19-10)7-9(1)13(17-12-3-4-16-22-12)18-14-15-5-6-21-14/h1-7,13,17H,8H2,(H,15,18). The van der Waals surface area contributed by atoms with Gasteiger partial charge in [0.05, 0.1) is 0 Å². The molecule has 1 aliphatic heterocycles. The lowest BCUT2D eigenvalue weighted by atomic mass is 10.1. The van der Waals surface area contributed by atoms with E-state index in [0.717, 1.165) is 27.2 Å². The second-order valence-electron chi connectivity index (χ2n) is 4.55. The highest BCUT2D eigenvalue weighted by molar-refractivity contribution is 7.13. The Hall–Kier alpha value is -2.32. The third kappa shape index (κ3) is 2.70. The molecule has 6 nitrogen and oxygen atoms in total. The largest absolute Gasteiger partial charge is 0.454 e. The van der Waals surface area contributed by atoms with Gasteiger partial charge in [0.2, 0.25) is 6.79 Å². The second kappa shape index (κ2) is 5.82. The van der Waals surface area contributed by atoms with Gasteiger partial charge in [-0.15, -0.1) is 11.3 Å². The maximum absolute atomic E-state index is 5.46. The molecule has 1 atom stereocenters. The van der Waals surface area contributed by atoms with Crippen molar-refractivity contribution in [3.8, 4) is 11.5 Å². The summed E-state index contributed by atoms with van der Waals surface area (Å²) < 4.78 is 14.9. The molecule has 3 aromatic rings. The van der Waals surface area contributed by atoms with Gasteiger partial charge in [0.15, 0.2) is 16.6 Å². The van der Waals surface area contributed by atoms with Gasteiger partial charge in [0.1, 0.15) is 11.2 Å². The van der Waals surface area contributed by atoms with E-state index in [9.17, 15) is 0 Å². The first-order chi connectivity index (χ1) is 10.9. The van der Waals surface area contributed by atoms with Crippen LogP contribution in [0, 0.1) is 0 Å². The molecule has 1 unspecified atom stereocenters. The molecular formula is C14H12N4O2S2. The lowest BCUT2D eigenvalue weighted by Crippen LogP contribution is -2.19. The van der Waals surface area contributed by atoms with E-state index < -0.39 is 0 Å². The SMILES string of the molecule is c1cc(NC(Nc2nccs2)c2ccc3c(c2)OCO3)sn1. The molecule has 2 N–H and O–H groups in total. The Labute approximate surface area is 134 Å². The van der Waals surface area contributed by atoms with Crippen LogP contribution in [0.5, 0.6) is 11.5 Å². The predicted molar refractivity (Wildman–Crippen MR) is 86.8 cm³/mol. The number of benzene rings is 1. The van der Waals surface area contributed by atoms with E-state index in [-0.39, 0.29) is 13.0 Å². The summed E-state index contributed by atoms with van der Waals surface area (Å²) in [7, 11) is 0. The Bertz CT molecular complexity index is 710. The minimum absolute atomic E-state index is 0.138. The first-order valence-electron chi connectivity index (χ1n) is 6.61. The predicted octanol–water partition coefficient (Wildman–Crippen LogP) is 3.55. The number of fused-ring (bicyclic) bond motifs is 1. The zero-order valence-corrected chi connectivity index (χ0v) is 13.0. The fourth-order valence-electron chi connectivity index (χ4n) is 2.15. The van der Waals surface area contributed by atoms with Crippen molar-refractivity contribution in [2.75, 3.05) is 17.4 Å². The van der Waals surface area contributed by atoms with Crippen molar-refractivity contribution in [1.82, 2.24) is 9.36 Å². The summed E-state index contributed by atoms with van der Waals surface area (Å²) in [5, 5.41) is 10.6. The normalized spacial score (nSPS) is 13.8. The van der Waals surface area contributed by atoms with Crippen LogP contribution in [-0.4, -0.2) is 16.2 Å². The van der Waals surface area contributed by atoms with Gasteiger partial charge in [-0.25, -0.2) is 4.98 Å². The van der Waals surface area contributed by atoms with Crippen molar-refractivity contribution in [1.29, 1.82) is 0 Å². The lowest BCUT2D eigenvalue weighted by molar-refractivity contribution is 0.174. The van der Waals surface area contributed by atoms with Gasteiger partial charge in [0.25, 0.3) is 0 Å². The number of nitrogens with one attached hydrogen (secondary N) is 2. The number of nitrogens with zero attached hydrogens (tertiary/aromatic N) is 2. The molecule has 3 heterocycles. The lowest BCUT2D eigenvalue weighted by Gasteiger charge is -2.20. The van der Waals surface area contributed by atoms with Gasteiger partial charge in [-0.3, -0.25) is 0 Å². The Morgan fingerprint density at radius 2 is 2.05 bits per heavy atom. The molecule has 0 amide bonds. The molecule has 0 fully saturated rings. The maximum atomic E-state index is 5.46. The fraction of sp³-hybridized carbons (Fsp3) is 0.143. The van der Waals surface area contributed by atoms with Gasteiger partial charge >= 0.3 is 0 Å². The molecule has 0 saturated carbocycles. The average molecular weight is 332 g/mol. The number of hydrogen-bond donors (Lipinski definition) is 2. The quantitative estimate of drug-likeness (QED) is 0.697. The smallest absolute Gasteiger partial charge is 0.231 e. The number of thiazole rings is 1. The molecule has 0 bridgehead atoms. The van der Waals surface area contributed by atoms with Crippen molar-refractivity contribution in [2.45, 2.75) is 6.17 Å². The average Bonchev–Trinajstić information content (AvgIpc) is 3.28. The summed E-state index contributed by atoms with van der Waals surface area (Å²) in [6.07, 6.45) is 3.41. The summed E-state index contributed by atoms with van der Waals surface area (Å²) in [6.45, 7) is 0.269. The minimum atomic E-state index is -0.138. The van der Waals surface area contributed by atoms with Crippen molar-refractivity contribution in [3.05, 3.63) is 47.6 Å². The third-order valence-electron chi connectivity index (χ3n) is 3.15. The van der Waals surface area contributed by atoms with Gasteiger partial charge in [0, 0.05) is 17.8 Å². The van der Waals surface area contributed by atoms with E-state index in [1.54, 1.807) is 23.7 Å². The van der Waals surface area contributed by atoms with E-state index in [2.05, 4.69) is 20.0 Å². The highest BCUT2D eigenvalue weighted by Crippen LogP contribution is 2.35. The topological polar surface area (TPSA) is 68.3 Å². The molecule has 2 aromatic heterocycles. The van der Waals surface area contributed by atoms with E-state index in [0.29, 0.717) is 0 Å². The fourth-order valence-corrected chi connectivity index (χ4v) is 3.23. The van der Waals surface area contributed by atoms with E-state index in [1.165, 1.54) is 11.5 Å².